The topological polar surface area (TPSA) is 110 Å². The molecule has 0 aromatic carbocycles. The molecule has 1 aliphatic heterocycles. The van der Waals surface area contributed by atoms with E-state index < -0.39 is 29.8 Å². The second kappa shape index (κ2) is 7.61. The van der Waals surface area contributed by atoms with E-state index in [-0.39, 0.29) is 12.4 Å². The minimum atomic E-state index is -3.00. The van der Waals surface area contributed by atoms with Crippen LogP contribution in [0.15, 0.2) is 53.7 Å². The number of carbonyl (C=O) groups excluding carboxylic acids is 1. The molecule has 0 spiro atoms. The highest BCUT2D eigenvalue weighted by Crippen LogP contribution is 2.36. The van der Waals surface area contributed by atoms with E-state index in [4.69, 9.17) is 4.42 Å². The molecular formula is C22H18F2N8O2. The molecule has 0 fully saturated rings. The van der Waals surface area contributed by atoms with Gasteiger partial charge in [0.1, 0.15) is 11.7 Å². The van der Waals surface area contributed by atoms with E-state index in [9.17, 15) is 13.6 Å². The molecule has 34 heavy (non-hydrogen) atoms. The van der Waals surface area contributed by atoms with Crippen LogP contribution in [0.3, 0.4) is 0 Å². The first-order valence-corrected chi connectivity index (χ1v) is 10.5. The molecule has 5 aromatic heterocycles. The van der Waals surface area contributed by atoms with Crippen LogP contribution >= 0.6 is 0 Å². The molecular weight excluding hydrogens is 446 g/mol. The predicted molar refractivity (Wildman–Crippen MR) is 114 cm³/mol. The fourth-order valence-electron chi connectivity index (χ4n) is 4.32. The lowest BCUT2D eigenvalue weighted by molar-refractivity contribution is 0.0640. The third-order valence-corrected chi connectivity index (χ3v) is 5.94. The number of aromatic nitrogens is 7. The quantitative estimate of drug-likeness (QED) is 0.438. The average molecular weight is 464 g/mol. The van der Waals surface area contributed by atoms with Gasteiger partial charge in [-0.1, -0.05) is 6.07 Å². The highest BCUT2D eigenvalue weighted by atomic mass is 19.3. The molecule has 1 atom stereocenters. The predicted octanol–water partition coefficient (Wildman–Crippen LogP) is 3.17. The molecule has 0 aliphatic carbocycles. The van der Waals surface area contributed by atoms with E-state index in [1.165, 1.54) is 17.4 Å². The lowest BCUT2D eigenvalue weighted by Gasteiger charge is -2.33. The summed E-state index contributed by atoms with van der Waals surface area (Å²) in [6.45, 7) is 0.261. The number of hydrogen-bond donors (Lipinski definition) is 1. The minimum absolute atomic E-state index is 0.0969. The maximum absolute atomic E-state index is 13.9. The Morgan fingerprint density at radius 1 is 1.32 bits per heavy atom. The molecule has 6 heterocycles. The smallest absolute Gasteiger partial charge is 0.292 e. The Kier molecular flexibility index (Phi) is 4.54. The minimum Gasteiger partial charge on any atom is -0.429 e. The van der Waals surface area contributed by atoms with Crippen molar-refractivity contribution in [2.75, 3.05) is 6.54 Å². The highest BCUT2D eigenvalue weighted by molar-refractivity contribution is 5.93. The Balaban J connectivity index is 1.46. The second-order valence-electron chi connectivity index (χ2n) is 7.98. The summed E-state index contributed by atoms with van der Waals surface area (Å²) in [6.07, 6.45) is 3.77. The van der Waals surface area contributed by atoms with Crippen molar-refractivity contribution in [2.45, 2.75) is 18.9 Å². The van der Waals surface area contributed by atoms with Gasteiger partial charge in [0.2, 0.25) is 11.7 Å². The number of aromatic amines is 1. The van der Waals surface area contributed by atoms with Gasteiger partial charge in [-0.3, -0.25) is 4.79 Å². The van der Waals surface area contributed by atoms with Gasteiger partial charge in [0.15, 0.2) is 5.69 Å². The van der Waals surface area contributed by atoms with Gasteiger partial charge in [0, 0.05) is 31.9 Å². The molecule has 1 amide bonds. The maximum atomic E-state index is 13.9. The van der Waals surface area contributed by atoms with Gasteiger partial charge in [-0.15, -0.1) is 0 Å². The lowest BCUT2D eigenvalue weighted by atomic mass is 9.99. The zero-order valence-electron chi connectivity index (χ0n) is 17.9. The Labute approximate surface area is 190 Å². The van der Waals surface area contributed by atoms with Crippen LogP contribution in [0.25, 0.3) is 17.1 Å². The van der Waals surface area contributed by atoms with Crippen molar-refractivity contribution < 1.29 is 18.0 Å². The van der Waals surface area contributed by atoms with E-state index in [2.05, 4.69) is 25.0 Å². The Hall–Kier alpha value is -4.35. The van der Waals surface area contributed by atoms with Crippen molar-refractivity contribution in [2.24, 2.45) is 7.05 Å². The Bertz CT molecular complexity index is 1480. The van der Waals surface area contributed by atoms with Gasteiger partial charge in [0.25, 0.3) is 12.3 Å². The number of pyridine rings is 1. The summed E-state index contributed by atoms with van der Waals surface area (Å²) >= 11 is 0. The van der Waals surface area contributed by atoms with Gasteiger partial charge in [0.05, 0.1) is 35.8 Å². The van der Waals surface area contributed by atoms with Crippen LogP contribution in [0.4, 0.5) is 8.78 Å². The SMILES string of the molecule is Cn1cncc1-c1nc(C(F)F)c(C(=O)N2CCc3[nH]cnc3[C@@H]2c2cc3ccccn3n2)o1. The van der Waals surface area contributed by atoms with Crippen molar-refractivity contribution in [3.8, 4) is 11.6 Å². The molecule has 1 aliphatic rings. The lowest BCUT2D eigenvalue weighted by Crippen LogP contribution is -2.41. The second-order valence-corrected chi connectivity index (χ2v) is 7.98. The zero-order valence-corrected chi connectivity index (χ0v) is 17.9. The fourth-order valence-corrected chi connectivity index (χ4v) is 4.32. The number of amides is 1. The third-order valence-electron chi connectivity index (χ3n) is 5.94. The molecule has 172 valence electrons. The van der Waals surface area contributed by atoms with Crippen molar-refractivity contribution in [1.82, 2.24) is 39.0 Å². The number of H-pyrrole nitrogens is 1. The highest BCUT2D eigenvalue weighted by Gasteiger charge is 2.40. The number of halogens is 2. The van der Waals surface area contributed by atoms with E-state index in [1.54, 1.807) is 28.7 Å². The van der Waals surface area contributed by atoms with Crippen LogP contribution in [-0.2, 0) is 13.5 Å². The molecule has 0 saturated heterocycles. The normalized spacial score (nSPS) is 15.9. The molecule has 0 saturated carbocycles. The van der Waals surface area contributed by atoms with Crippen molar-refractivity contribution in [1.29, 1.82) is 0 Å². The summed E-state index contributed by atoms with van der Waals surface area (Å²) in [4.78, 5) is 30.6. The number of alkyl halides is 2. The summed E-state index contributed by atoms with van der Waals surface area (Å²) < 4.78 is 36.7. The summed E-state index contributed by atoms with van der Waals surface area (Å²) in [6, 6.07) is 6.79. The molecule has 1 N–H and O–H groups in total. The molecule has 0 bridgehead atoms. The van der Waals surface area contributed by atoms with Gasteiger partial charge in [-0.05, 0) is 18.2 Å². The standard InChI is InChI=1S/C22H18F2N8O2/c1-30-11-25-9-15(30)21-28-17(20(23)24)19(34-21)22(33)31-7-5-13-16(27-10-26-13)18(31)14-8-12-4-2-3-6-32(12)29-14/h2-4,6,8-11,18,20H,5,7H2,1H3,(H,26,27)/t18-/m0/s1. The summed E-state index contributed by atoms with van der Waals surface area (Å²) in [5.41, 5.74) is 2.56. The first-order valence-electron chi connectivity index (χ1n) is 10.5. The van der Waals surface area contributed by atoms with Crippen LogP contribution in [-0.4, -0.2) is 51.5 Å². The van der Waals surface area contributed by atoms with Gasteiger partial charge >= 0.3 is 0 Å². The molecule has 6 rings (SSSR count). The van der Waals surface area contributed by atoms with Gasteiger partial charge in [-0.2, -0.15) is 5.10 Å². The zero-order chi connectivity index (χ0) is 23.4. The van der Waals surface area contributed by atoms with Gasteiger partial charge in [-0.25, -0.2) is 28.2 Å². The van der Waals surface area contributed by atoms with Crippen LogP contribution in [0.2, 0.25) is 0 Å². The third kappa shape index (κ3) is 3.10. The number of imidazole rings is 2. The van der Waals surface area contributed by atoms with Crippen molar-refractivity contribution >= 4 is 11.4 Å². The van der Waals surface area contributed by atoms with E-state index in [0.717, 1.165) is 11.2 Å². The first-order chi connectivity index (χ1) is 16.5. The molecule has 10 nitrogen and oxygen atoms in total. The molecule has 0 radical (unpaired) electrons. The molecule has 0 unspecified atom stereocenters. The fraction of sp³-hybridized carbons (Fsp3) is 0.227. The van der Waals surface area contributed by atoms with Crippen LogP contribution < -0.4 is 0 Å². The maximum Gasteiger partial charge on any atom is 0.292 e. The monoisotopic (exact) mass is 464 g/mol. The number of aryl methyl sites for hydroxylation is 1. The van der Waals surface area contributed by atoms with Gasteiger partial charge < -0.3 is 18.9 Å². The first kappa shape index (κ1) is 20.3. The van der Waals surface area contributed by atoms with E-state index in [1.807, 2.05) is 24.3 Å². The number of fused-ring (bicyclic) bond motifs is 2. The van der Waals surface area contributed by atoms with E-state index in [0.29, 0.717) is 23.5 Å². The number of rotatable bonds is 4. The van der Waals surface area contributed by atoms with Crippen LogP contribution in [0, 0.1) is 0 Å². The van der Waals surface area contributed by atoms with Crippen molar-refractivity contribution in [3.63, 3.8) is 0 Å². The summed E-state index contributed by atoms with van der Waals surface area (Å²) in [7, 11) is 1.68. The van der Waals surface area contributed by atoms with Crippen molar-refractivity contribution in [3.05, 3.63) is 77.8 Å². The Morgan fingerprint density at radius 3 is 2.97 bits per heavy atom. The average Bonchev–Trinajstić information content (AvgIpc) is 3.62. The number of nitrogens with one attached hydrogen (secondary N) is 1. The summed E-state index contributed by atoms with van der Waals surface area (Å²) in [5, 5.41) is 4.62. The molecule has 5 aromatic rings. The number of carbonyl (C=O) groups is 1. The molecule has 12 heteroatoms. The number of hydrogen-bond acceptors (Lipinski definition) is 6. The Morgan fingerprint density at radius 2 is 2.21 bits per heavy atom. The van der Waals surface area contributed by atoms with Crippen LogP contribution in [0.5, 0.6) is 0 Å². The number of oxazole rings is 1. The van der Waals surface area contributed by atoms with E-state index >= 15 is 0 Å². The summed E-state index contributed by atoms with van der Waals surface area (Å²) in [5.74, 6) is -1.30. The van der Waals surface area contributed by atoms with Crippen LogP contribution in [0.1, 0.15) is 45.8 Å². The largest absolute Gasteiger partial charge is 0.429 e. The number of nitrogens with zero attached hydrogens (tertiary/aromatic N) is 7.